The maximum absolute atomic E-state index is 6.17. The lowest BCUT2D eigenvalue weighted by molar-refractivity contribution is -0.0504. The molecule has 19 heavy (non-hydrogen) atoms. The van der Waals surface area contributed by atoms with Crippen molar-refractivity contribution < 1.29 is 4.74 Å². The summed E-state index contributed by atoms with van der Waals surface area (Å²) in [4.78, 5) is 0. The number of hydrogen-bond acceptors (Lipinski definition) is 2. The Hall–Kier alpha value is -0.860. The van der Waals surface area contributed by atoms with Crippen LogP contribution >= 0.6 is 0 Å². The van der Waals surface area contributed by atoms with Gasteiger partial charge in [0.15, 0.2) is 0 Å². The topological polar surface area (TPSA) is 21.3 Å². The van der Waals surface area contributed by atoms with E-state index in [1.54, 1.807) is 0 Å². The van der Waals surface area contributed by atoms with E-state index < -0.39 is 0 Å². The summed E-state index contributed by atoms with van der Waals surface area (Å²) in [5.41, 5.74) is 2.88. The van der Waals surface area contributed by atoms with E-state index >= 15 is 0 Å². The Morgan fingerprint density at radius 3 is 2.42 bits per heavy atom. The van der Waals surface area contributed by atoms with Crippen LogP contribution in [0.4, 0.5) is 0 Å². The first kappa shape index (κ1) is 13.1. The van der Waals surface area contributed by atoms with Crippen molar-refractivity contribution in [2.75, 3.05) is 13.2 Å². The van der Waals surface area contributed by atoms with E-state index in [0.29, 0.717) is 0 Å². The highest BCUT2D eigenvalue weighted by molar-refractivity contribution is 5.24. The van der Waals surface area contributed by atoms with Crippen LogP contribution in [-0.4, -0.2) is 18.7 Å². The molecule has 2 nitrogen and oxygen atoms in total. The van der Waals surface area contributed by atoms with Gasteiger partial charge in [0.05, 0.1) is 12.7 Å². The van der Waals surface area contributed by atoms with Crippen LogP contribution in [-0.2, 0) is 4.74 Å². The highest BCUT2D eigenvalue weighted by Crippen LogP contribution is 2.36. The van der Waals surface area contributed by atoms with Crippen LogP contribution < -0.4 is 5.32 Å². The summed E-state index contributed by atoms with van der Waals surface area (Å²) in [6.07, 6.45) is 5.45. The second-order valence-corrected chi connectivity index (χ2v) is 6.55. The first-order valence-corrected chi connectivity index (χ1v) is 7.60. The van der Waals surface area contributed by atoms with Crippen molar-refractivity contribution in [3.05, 3.63) is 35.4 Å². The molecule has 3 rings (SSSR count). The molecule has 2 aliphatic rings. The minimum atomic E-state index is 0.227. The number of nitrogens with one attached hydrogen (secondary N) is 1. The van der Waals surface area contributed by atoms with Gasteiger partial charge in [-0.3, -0.25) is 0 Å². The molecule has 2 fully saturated rings. The van der Waals surface area contributed by atoms with Crippen LogP contribution in [0.25, 0.3) is 0 Å². The van der Waals surface area contributed by atoms with Gasteiger partial charge in [-0.2, -0.15) is 0 Å². The summed E-state index contributed by atoms with van der Waals surface area (Å²) in [6, 6.07) is 8.74. The molecule has 1 N–H and O–H groups in total. The van der Waals surface area contributed by atoms with E-state index in [-0.39, 0.29) is 11.6 Å². The molecular weight excluding hydrogens is 234 g/mol. The number of hydrogen-bond donors (Lipinski definition) is 1. The number of benzene rings is 1. The number of rotatable bonds is 1. The summed E-state index contributed by atoms with van der Waals surface area (Å²) in [7, 11) is 0. The lowest BCUT2D eigenvalue weighted by Gasteiger charge is -2.45. The Morgan fingerprint density at radius 1 is 1.16 bits per heavy atom. The molecule has 1 unspecified atom stereocenters. The lowest BCUT2D eigenvalue weighted by Crippen LogP contribution is -2.56. The maximum Gasteiger partial charge on any atom is 0.0950 e. The Bertz CT molecular complexity index is 407. The van der Waals surface area contributed by atoms with Crippen molar-refractivity contribution in [1.82, 2.24) is 5.32 Å². The summed E-state index contributed by atoms with van der Waals surface area (Å²) in [5, 5.41) is 3.79. The van der Waals surface area contributed by atoms with Crippen molar-refractivity contribution in [2.45, 2.75) is 51.2 Å². The third-order valence-corrected chi connectivity index (χ3v) is 4.90. The second kappa shape index (κ2) is 5.26. The van der Waals surface area contributed by atoms with Gasteiger partial charge in [0.1, 0.15) is 0 Å². The van der Waals surface area contributed by atoms with Gasteiger partial charge in [0.2, 0.25) is 0 Å². The molecule has 1 spiro atoms. The molecule has 1 saturated carbocycles. The molecule has 0 bridgehead atoms. The Kier molecular flexibility index (Phi) is 3.64. The molecule has 0 amide bonds. The van der Waals surface area contributed by atoms with E-state index in [1.165, 1.54) is 36.8 Å². The van der Waals surface area contributed by atoms with Crippen molar-refractivity contribution >= 4 is 0 Å². The molecule has 1 aromatic carbocycles. The van der Waals surface area contributed by atoms with Crippen LogP contribution in [0.15, 0.2) is 24.3 Å². The quantitative estimate of drug-likeness (QED) is 0.832. The Morgan fingerprint density at radius 2 is 1.84 bits per heavy atom. The van der Waals surface area contributed by atoms with Crippen LogP contribution in [0, 0.1) is 12.8 Å². The number of ether oxygens (including phenoxy) is 1. The number of aryl methyl sites for hydroxylation is 1. The normalized spacial score (nSPS) is 35.5. The van der Waals surface area contributed by atoms with E-state index in [4.69, 9.17) is 4.74 Å². The second-order valence-electron chi connectivity index (χ2n) is 6.55. The highest BCUT2D eigenvalue weighted by atomic mass is 16.5. The summed E-state index contributed by atoms with van der Waals surface area (Å²) < 4.78 is 6.17. The minimum absolute atomic E-state index is 0.227. The lowest BCUT2D eigenvalue weighted by atomic mass is 9.77. The first-order valence-electron chi connectivity index (χ1n) is 7.60. The van der Waals surface area contributed by atoms with Gasteiger partial charge < -0.3 is 10.1 Å². The fourth-order valence-electron chi connectivity index (χ4n) is 3.31. The SMILES string of the molecule is Cc1ccc(C2CNC3(CCC(C)CC3)CO2)cc1. The van der Waals surface area contributed by atoms with E-state index in [9.17, 15) is 0 Å². The van der Waals surface area contributed by atoms with Gasteiger partial charge in [0, 0.05) is 12.1 Å². The fourth-order valence-corrected chi connectivity index (χ4v) is 3.31. The monoisotopic (exact) mass is 259 g/mol. The average molecular weight is 259 g/mol. The third-order valence-electron chi connectivity index (χ3n) is 4.90. The Labute approximate surface area is 116 Å². The minimum Gasteiger partial charge on any atom is -0.370 e. The molecule has 1 aromatic rings. The van der Waals surface area contributed by atoms with Crippen LogP contribution in [0.5, 0.6) is 0 Å². The van der Waals surface area contributed by atoms with Gasteiger partial charge in [-0.1, -0.05) is 36.8 Å². The summed E-state index contributed by atoms with van der Waals surface area (Å²) >= 11 is 0. The largest absolute Gasteiger partial charge is 0.370 e. The molecule has 1 aliphatic carbocycles. The number of morpholine rings is 1. The van der Waals surface area contributed by atoms with E-state index in [0.717, 1.165) is 19.1 Å². The van der Waals surface area contributed by atoms with Crippen LogP contribution in [0.3, 0.4) is 0 Å². The molecule has 1 atom stereocenters. The molecule has 0 aromatic heterocycles. The first-order chi connectivity index (χ1) is 9.17. The van der Waals surface area contributed by atoms with Gasteiger partial charge in [-0.25, -0.2) is 0 Å². The zero-order valence-electron chi connectivity index (χ0n) is 12.1. The predicted molar refractivity (Wildman–Crippen MR) is 78.2 cm³/mol. The van der Waals surface area contributed by atoms with Gasteiger partial charge in [0.25, 0.3) is 0 Å². The predicted octanol–water partition coefficient (Wildman–Crippen LogP) is 3.60. The zero-order chi connectivity index (χ0) is 13.3. The van der Waals surface area contributed by atoms with E-state index in [1.807, 2.05) is 0 Å². The van der Waals surface area contributed by atoms with Crippen LogP contribution in [0.2, 0.25) is 0 Å². The molecule has 0 radical (unpaired) electrons. The molecular formula is C17H25NO. The molecule has 1 saturated heterocycles. The average Bonchev–Trinajstić information content (AvgIpc) is 2.44. The highest BCUT2D eigenvalue weighted by Gasteiger charge is 2.38. The van der Waals surface area contributed by atoms with Crippen molar-refractivity contribution in [1.29, 1.82) is 0 Å². The Balaban J connectivity index is 1.61. The van der Waals surface area contributed by atoms with Gasteiger partial charge in [-0.15, -0.1) is 0 Å². The third kappa shape index (κ3) is 2.85. The van der Waals surface area contributed by atoms with Gasteiger partial charge in [-0.05, 0) is 44.1 Å². The summed E-state index contributed by atoms with van der Waals surface area (Å²) in [6.45, 7) is 6.32. The maximum atomic E-state index is 6.17. The molecule has 1 aliphatic heterocycles. The summed E-state index contributed by atoms with van der Waals surface area (Å²) in [5.74, 6) is 0.891. The smallest absolute Gasteiger partial charge is 0.0950 e. The molecule has 104 valence electrons. The fraction of sp³-hybridized carbons (Fsp3) is 0.647. The zero-order valence-corrected chi connectivity index (χ0v) is 12.1. The van der Waals surface area contributed by atoms with Crippen molar-refractivity contribution in [3.8, 4) is 0 Å². The molecule has 2 heteroatoms. The standard InChI is InChI=1S/C17H25NO/c1-13-3-5-15(6-4-13)16-11-18-17(12-19-16)9-7-14(2)8-10-17/h3-6,14,16,18H,7-12H2,1-2H3. The van der Waals surface area contributed by atoms with Crippen molar-refractivity contribution in [3.63, 3.8) is 0 Å². The van der Waals surface area contributed by atoms with Crippen LogP contribution in [0.1, 0.15) is 49.8 Å². The van der Waals surface area contributed by atoms with Crippen molar-refractivity contribution in [2.24, 2.45) is 5.92 Å². The van der Waals surface area contributed by atoms with Gasteiger partial charge >= 0.3 is 0 Å². The molecule has 1 heterocycles. The van der Waals surface area contributed by atoms with E-state index in [2.05, 4.69) is 43.4 Å².